The van der Waals surface area contributed by atoms with E-state index in [0.717, 1.165) is 11.4 Å². The molecule has 2 rings (SSSR count). The summed E-state index contributed by atoms with van der Waals surface area (Å²) in [6.07, 6.45) is 1.13. The van der Waals surface area contributed by atoms with Gasteiger partial charge in [0.25, 0.3) is 0 Å². The Hall–Kier alpha value is -0.530. The van der Waals surface area contributed by atoms with Crippen LogP contribution in [0.2, 0.25) is 5.02 Å². The molecule has 80 valence electrons. The molecule has 0 aliphatic heterocycles. The number of rotatable bonds is 1. The number of halogens is 1. The molecule has 2 heteroatoms. The fraction of sp³-hybridized carbons (Fsp3) is 0.385. The third-order valence-corrected chi connectivity index (χ3v) is 3.59. The molecular weight excluding hydrogens is 224 g/mol. The van der Waals surface area contributed by atoms with Crippen molar-refractivity contribution in [2.45, 2.75) is 27.2 Å². The van der Waals surface area contributed by atoms with Crippen LogP contribution in [-0.4, -0.2) is 0 Å². The van der Waals surface area contributed by atoms with Crippen molar-refractivity contribution in [2.24, 2.45) is 5.41 Å². The maximum Gasteiger partial charge on any atom is 0.0412 e. The van der Waals surface area contributed by atoms with E-state index in [-0.39, 0.29) is 0 Å². The standard InChI is InChI=1S/C13H15ClS/c1-13(2,3)8-11-7-9-6-10(14)4-5-12(9)15-11/h4-7H,8H2,1-3H3. The molecule has 1 aromatic carbocycles. The van der Waals surface area contributed by atoms with E-state index in [1.54, 1.807) is 0 Å². The minimum absolute atomic E-state index is 0.352. The van der Waals surface area contributed by atoms with Gasteiger partial charge in [0.1, 0.15) is 0 Å². The number of benzene rings is 1. The van der Waals surface area contributed by atoms with E-state index in [1.807, 2.05) is 23.5 Å². The average molecular weight is 239 g/mol. The highest BCUT2D eigenvalue weighted by molar-refractivity contribution is 7.19. The summed E-state index contributed by atoms with van der Waals surface area (Å²) in [7, 11) is 0. The fourth-order valence-corrected chi connectivity index (χ4v) is 3.20. The summed E-state index contributed by atoms with van der Waals surface area (Å²) in [5.41, 5.74) is 0.352. The van der Waals surface area contributed by atoms with Gasteiger partial charge >= 0.3 is 0 Å². The first-order valence-corrected chi connectivity index (χ1v) is 6.31. The van der Waals surface area contributed by atoms with Crippen LogP contribution >= 0.6 is 22.9 Å². The number of thiophene rings is 1. The molecule has 0 amide bonds. The zero-order valence-corrected chi connectivity index (χ0v) is 10.9. The van der Waals surface area contributed by atoms with Crippen LogP contribution in [0.1, 0.15) is 25.6 Å². The Balaban J connectivity index is 2.39. The third-order valence-electron chi connectivity index (χ3n) is 2.23. The smallest absolute Gasteiger partial charge is 0.0412 e. The second-order valence-electron chi connectivity index (χ2n) is 5.13. The van der Waals surface area contributed by atoms with Gasteiger partial charge in [-0.05, 0) is 41.5 Å². The molecule has 1 aromatic heterocycles. The van der Waals surface area contributed by atoms with Gasteiger partial charge in [-0.1, -0.05) is 32.4 Å². The summed E-state index contributed by atoms with van der Waals surface area (Å²) in [6.45, 7) is 6.80. The molecule has 0 N–H and O–H groups in total. The largest absolute Gasteiger partial charge is 0.140 e. The first kappa shape index (κ1) is 11.0. The quantitative estimate of drug-likeness (QED) is 0.645. The highest BCUT2D eigenvalue weighted by Gasteiger charge is 2.13. The molecule has 0 saturated carbocycles. The first-order chi connectivity index (χ1) is 6.94. The van der Waals surface area contributed by atoms with Crippen molar-refractivity contribution in [1.29, 1.82) is 0 Å². The fourth-order valence-electron chi connectivity index (χ4n) is 1.68. The highest BCUT2D eigenvalue weighted by Crippen LogP contribution is 2.32. The summed E-state index contributed by atoms with van der Waals surface area (Å²) in [6, 6.07) is 8.37. The maximum absolute atomic E-state index is 5.97. The van der Waals surface area contributed by atoms with Crippen molar-refractivity contribution >= 4 is 33.0 Å². The maximum atomic E-state index is 5.97. The van der Waals surface area contributed by atoms with E-state index in [1.165, 1.54) is 15.0 Å². The summed E-state index contributed by atoms with van der Waals surface area (Å²) < 4.78 is 1.33. The third kappa shape index (κ3) is 2.73. The SMILES string of the molecule is CC(C)(C)Cc1cc2cc(Cl)ccc2s1. The van der Waals surface area contributed by atoms with Crippen LogP contribution in [0.5, 0.6) is 0 Å². The molecule has 0 bridgehead atoms. The van der Waals surface area contributed by atoms with E-state index < -0.39 is 0 Å². The Morgan fingerprint density at radius 2 is 1.93 bits per heavy atom. The molecule has 15 heavy (non-hydrogen) atoms. The van der Waals surface area contributed by atoms with Gasteiger partial charge in [0.05, 0.1) is 0 Å². The number of fused-ring (bicyclic) bond motifs is 1. The summed E-state index contributed by atoms with van der Waals surface area (Å²) in [5, 5.41) is 2.09. The lowest BCUT2D eigenvalue weighted by atomic mass is 9.91. The zero-order chi connectivity index (χ0) is 11.1. The zero-order valence-electron chi connectivity index (χ0n) is 9.30. The Morgan fingerprint density at radius 1 is 1.20 bits per heavy atom. The molecule has 0 fully saturated rings. The number of hydrogen-bond donors (Lipinski definition) is 0. The summed E-state index contributed by atoms with van der Waals surface area (Å²) in [4.78, 5) is 1.44. The number of hydrogen-bond acceptors (Lipinski definition) is 1. The van der Waals surface area contributed by atoms with E-state index in [2.05, 4.69) is 32.9 Å². The summed E-state index contributed by atoms with van der Waals surface area (Å²) in [5.74, 6) is 0. The van der Waals surface area contributed by atoms with E-state index in [9.17, 15) is 0 Å². The molecular formula is C13H15ClS. The lowest BCUT2D eigenvalue weighted by Gasteiger charge is -2.16. The Kier molecular flexibility index (Phi) is 2.78. The van der Waals surface area contributed by atoms with Crippen LogP contribution in [0, 0.1) is 5.41 Å². The molecule has 0 unspecified atom stereocenters. The molecule has 0 nitrogen and oxygen atoms in total. The van der Waals surface area contributed by atoms with Crippen molar-refractivity contribution in [3.8, 4) is 0 Å². The predicted octanol–water partition coefficient (Wildman–Crippen LogP) is 5.14. The molecule has 0 aliphatic carbocycles. The molecule has 2 aromatic rings. The van der Waals surface area contributed by atoms with Crippen LogP contribution in [0.25, 0.3) is 10.1 Å². The van der Waals surface area contributed by atoms with Gasteiger partial charge < -0.3 is 0 Å². The van der Waals surface area contributed by atoms with Gasteiger partial charge in [0.15, 0.2) is 0 Å². The van der Waals surface area contributed by atoms with Crippen molar-refractivity contribution in [2.75, 3.05) is 0 Å². The Labute approximate surface area is 99.9 Å². The van der Waals surface area contributed by atoms with Gasteiger partial charge in [0.2, 0.25) is 0 Å². The van der Waals surface area contributed by atoms with Gasteiger partial charge in [-0.25, -0.2) is 0 Å². The molecule has 0 aliphatic rings. The lowest BCUT2D eigenvalue weighted by molar-refractivity contribution is 0.415. The first-order valence-electron chi connectivity index (χ1n) is 5.12. The van der Waals surface area contributed by atoms with Crippen molar-refractivity contribution < 1.29 is 0 Å². The summed E-state index contributed by atoms with van der Waals surface area (Å²) >= 11 is 7.84. The van der Waals surface area contributed by atoms with Gasteiger partial charge in [-0.2, -0.15) is 0 Å². The van der Waals surface area contributed by atoms with Gasteiger partial charge in [-0.3, -0.25) is 0 Å². The van der Waals surface area contributed by atoms with E-state index in [0.29, 0.717) is 5.41 Å². The van der Waals surface area contributed by atoms with Crippen LogP contribution in [0.4, 0.5) is 0 Å². The molecule has 1 heterocycles. The van der Waals surface area contributed by atoms with E-state index in [4.69, 9.17) is 11.6 Å². The second-order valence-corrected chi connectivity index (χ2v) is 6.74. The Bertz CT molecular complexity index is 477. The molecule has 0 spiro atoms. The van der Waals surface area contributed by atoms with E-state index >= 15 is 0 Å². The van der Waals surface area contributed by atoms with Crippen LogP contribution in [0.15, 0.2) is 24.3 Å². The van der Waals surface area contributed by atoms with Crippen molar-refractivity contribution in [3.05, 3.63) is 34.2 Å². The second kappa shape index (κ2) is 3.80. The van der Waals surface area contributed by atoms with Crippen molar-refractivity contribution in [1.82, 2.24) is 0 Å². The lowest BCUT2D eigenvalue weighted by Crippen LogP contribution is -2.07. The molecule has 0 atom stereocenters. The highest BCUT2D eigenvalue weighted by atomic mass is 35.5. The Morgan fingerprint density at radius 3 is 2.60 bits per heavy atom. The monoisotopic (exact) mass is 238 g/mol. The average Bonchev–Trinajstić information content (AvgIpc) is 2.42. The van der Waals surface area contributed by atoms with Gasteiger partial charge in [0, 0.05) is 14.6 Å². The normalized spacial score (nSPS) is 12.3. The van der Waals surface area contributed by atoms with Crippen molar-refractivity contribution in [3.63, 3.8) is 0 Å². The molecule has 0 radical (unpaired) electrons. The van der Waals surface area contributed by atoms with Crippen LogP contribution in [0.3, 0.4) is 0 Å². The van der Waals surface area contributed by atoms with Gasteiger partial charge in [-0.15, -0.1) is 11.3 Å². The predicted molar refractivity (Wildman–Crippen MR) is 70.0 cm³/mol. The minimum Gasteiger partial charge on any atom is -0.140 e. The van der Waals surface area contributed by atoms with Crippen LogP contribution in [-0.2, 0) is 6.42 Å². The topological polar surface area (TPSA) is 0 Å². The van der Waals surface area contributed by atoms with Crippen LogP contribution < -0.4 is 0 Å². The minimum atomic E-state index is 0.352. The molecule has 0 saturated heterocycles.